The van der Waals surface area contributed by atoms with Gasteiger partial charge in [0.25, 0.3) is 0 Å². The summed E-state index contributed by atoms with van der Waals surface area (Å²) in [5, 5.41) is 4.65. The molecule has 0 N–H and O–H groups in total. The molecule has 0 fully saturated rings. The minimum Gasteiger partial charge on any atom is -0.358 e. The zero-order valence-electron chi connectivity index (χ0n) is 6.40. The summed E-state index contributed by atoms with van der Waals surface area (Å²) in [7, 11) is 0. The van der Waals surface area contributed by atoms with E-state index in [4.69, 9.17) is 0 Å². The number of hydrogen-bond donors (Lipinski definition) is 0. The Labute approximate surface area is 72.9 Å². The SMILES string of the molecule is CSC(C)c1nc[n]([AlH2])n1. The molecule has 0 saturated carbocycles. The van der Waals surface area contributed by atoms with Crippen LogP contribution < -0.4 is 0 Å². The van der Waals surface area contributed by atoms with Crippen molar-refractivity contribution in [2.24, 2.45) is 0 Å². The molecule has 0 bridgehead atoms. The van der Waals surface area contributed by atoms with Gasteiger partial charge < -0.3 is 3.67 Å². The van der Waals surface area contributed by atoms with Crippen molar-refractivity contribution in [3.8, 4) is 0 Å². The summed E-state index contributed by atoms with van der Waals surface area (Å²) >= 11 is 2.70. The first-order valence-electron chi connectivity index (χ1n) is 3.12. The van der Waals surface area contributed by atoms with Crippen LogP contribution in [0.4, 0.5) is 0 Å². The quantitative estimate of drug-likeness (QED) is 0.591. The lowest BCUT2D eigenvalue weighted by Crippen LogP contribution is -1.95. The molecule has 0 amide bonds. The molecule has 0 aromatic carbocycles. The van der Waals surface area contributed by atoms with Crippen molar-refractivity contribution >= 4 is 28.3 Å². The van der Waals surface area contributed by atoms with Crippen molar-refractivity contribution < 1.29 is 0 Å². The molecule has 0 spiro atoms. The van der Waals surface area contributed by atoms with Crippen LogP contribution in [0.5, 0.6) is 0 Å². The number of hydrogen-bond acceptors (Lipinski definition) is 3. The van der Waals surface area contributed by atoms with E-state index in [2.05, 4.69) is 23.3 Å². The molecule has 1 atom stereocenters. The predicted octanol–water partition coefficient (Wildman–Crippen LogP) is 0.0983. The Balaban J connectivity index is 2.74. The predicted molar refractivity (Wildman–Crippen MR) is 45.9 cm³/mol. The first-order chi connectivity index (χ1) is 4.74. The Morgan fingerprint density at radius 3 is 2.90 bits per heavy atom. The molecule has 0 radical (unpaired) electrons. The summed E-state index contributed by atoms with van der Waals surface area (Å²) in [5.74, 6) is 0.947. The van der Waals surface area contributed by atoms with Crippen LogP contribution in [0.3, 0.4) is 0 Å². The molecule has 1 aromatic heterocycles. The maximum Gasteiger partial charge on any atom is 0.400 e. The second-order valence-corrected chi connectivity index (χ2v) is 4.25. The molecule has 3 nitrogen and oxygen atoms in total. The van der Waals surface area contributed by atoms with Gasteiger partial charge in [0.05, 0.1) is 11.6 Å². The van der Waals surface area contributed by atoms with Gasteiger partial charge in [0.15, 0.2) is 5.82 Å². The van der Waals surface area contributed by atoms with Crippen LogP contribution in [0.25, 0.3) is 0 Å². The molecule has 10 heavy (non-hydrogen) atoms. The van der Waals surface area contributed by atoms with Crippen molar-refractivity contribution in [3.63, 3.8) is 0 Å². The average molecular weight is 171 g/mol. The van der Waals surface area contributed by atoms with Crippen molar-refractivity contribution in [1.82, 2.24) is 13.7 Å². The van der Waals surface area contributed by atoms with Crippen LogP contribution in [-0.4, -0.2) is 36.5 Å². The fourth-order valence-corrected chi connectivity index (χ4v) is 1.29. The zero-order valence-corrected chi connectivity index (χ0v) is 9.22. The van der Waals surface area contributed by atoms with Gasteiger partial charge in [-0.15, -0.1) is 0 Å². The summed E-state index contributed by atoms with van der Waals surface area (Å²) in [4.78, 5) is 4.15. The minimum atomic E-state index is 0.426. The molecule has 54 valence electrons. The van der Waals surface area contributed by atoms with Gasteiger partial charge in [-0.05, 0) is 13.2 Å². The Morgan fingerprint density at radius 2 is 2.50 bits per heavy atom. The number of aromatic nitrogens is 3. The number of thioether (sulfide) groups is 1. The molecule has 0 aliphatic carbocycles. The third-order valence-corrected chi connectivity index (χ3v) is 2.68. The highest BCUT2D eigenvalue weighted by Gasteiger charge is 2.06. The fourth-order valence-electron chi connectivity index (χ4n) is 0.648. The summed E-state index contributed by atoms with van der Waals surface area (Å²) in [6.45, 7) is 2.11. The van der Waals surface area contributed by atoms with E-state index in [9.17, 15) is 0 Å². The maximum atomic E-state index is 4.23. The monoisotopic (exact) mass is 171 g/mol. The molecular formula is C5H10AlN3S. The van der Waals surface area contributed by atoms with Crippen LogP contribution in [0.2, 0.25) is 0 Å². The molecule has 0 aliphatic rings. The van der Waals surface area contributed by atoms with Crippen LogP contribution in [-0.2, 0) is 0 Å². The number of rotatable bonds is 2. The number of nitrogens with zero attached hydrogens (tertiary/aromatic N) is 3. The lowest BCUT2D eigenvalue weighted by atomic mass is 10.5. The summed E-state index contributed by atoms with van der Waals surface area (Å²) in [5.41, 5.74) is 0. The van der Waals surface area contributed by atoms with Gasteiger partial charge in [0.1, 0.15) is 0 Å². The molecule has 1 heterocycles. The smallest absolute Gasteiger partial charge is 0.358 e. The molecule has 0 aliphatic heterocycles. The highest BCUT2D eigenvalue weighted by molar-refractivity contribution is 7.98. The average Bonchev–Trinajstić information content (AvgIpc) is 2.34. The lowest BCUT2D eigenvalue weighted by Gasteiger charge is -1.99. The second-order valence-electron chi connectivity index (χ2n) is 2.15. The molecule has 5 heteroatoms. The summed E-state index contributed by atoms with van der Waals surface area (Å²) in [6.07, 6.45) is 3.85. The second kappa shape index (κ2) is 3.42. The van der Waals surface area contributed by atoms with E-state index in [1.807, 2.05) is 3.67 Å². The summed E-state index contributed by atoms with van der Waals surface area (Å²) < 4.78 is 1.86. The highest BCUT2D eigenvalue weighted by Crippen LogP contribution is 2.20. The van der Waals surface area contributed by atoms with Crippen molar-refractivity contribution in [2.75, 3.05) is 6.26 Å². The first kappa shape index (κ1) is 8.12. The topological polar surface area (TPSA) is 30.7 Å². The Morgan fingerprint density at radius 1 is 1.80 bits per heavy atom. The van der Waals surface area contributed by atoms with E-state index >= 15 is 0 Å². The third kappa shape index (κ3) is 1.75. The normalized spacial score (nSPS) is 13.4. The van der Waals surface area contributed by atoms with Gasteiger partial charge >= 0.3 is 16.5 Å². The largest absolute Gasteiger partial charge is 0.400 e. The Kier molecular flexibility index (Phi) is 2.78. The molecular weight excluding hydrogens is 161 g/mol. The van der Waals surface area contributed by atoms with Crippen molar-refractivity contribution in [2.45, 2.75) is 12.2 Å². The van der Waals surface area contributed by atoms with Crippen LogP contribution in [0, 0.1) is 0 Å². The molecule has 1 aromatic rings. The molecule has 1 unspecified atom stereocenters. The van der Waals surface area contributed by atoms with Gasteiger partial charge in [-0.1, -0.05) is 0 Å². The van der Waals surface area contributed by atoms with E-state index in [-0.39, 0.29) is 0 Å². The van der Waals surface area contributed by atoms with Gasteiger partial charge in [0.2, 0.25) is 0 Å². The van der Waals surface area contributed by atoms with Crippen molar-refractivity contribution in [3.05, 3.63) is 12.2 Å². The highest BCUT2D eigenvalue weighted by atomic mass is 32.2. The summed E-state index contributed by atoms with van der Waals surface area (Å²) in [6, 6.07) is 0. The third-order valence-electron chi connectivity index (χ3n) is 1.33. The van der Waals surface area contributed by atoms with Gasteiger partial charge in [-0.2, -0.15) is 16.9 Å². The Hall–Kier alpha value is 0.0225. The van der Waals surface area contributed by atoms with E-state index in [0.717, 1.165) is 22.3 Å². The van der Waals surface area contributed by atoms with E-state index in [1.165, 1.54) is 0 Å². The molecule has 0 saturated heterocycles. The van der Waals surface area contributed by atoms with Crippen molar-refractivity contribution in [1.29, 1.82) is 0 Å². The van der Waals surface area contributed by atoms with Gasteiger partial charge in [0, 0.05) is 0 Å². The Bertz CT molecular complexity index is 212. The molecule has 1 rings (SSSR count). The van der Waals surface area contributed by atoms with Gasteiger partial charge in [-0.3, -0.25) is 0 Å². The van der Waals surface area contributed by atoms with Gasteiger partial charge in [-0.25, -0.2) is 4.98 Å². The van der Waals surface area contributed by atoms with Crippen LogP contribution in [0.15, 0.2) is 6.33 Å². The fraction of sp³-hybridized carbons (Fsp3) is 0.600. The zero-order chi connectivity index (χ0) is 7.56. The first-order valence-corrected chi connectivity index (χ1v) is 5.30. The minimum absolute atomic E-state index is 0.426. The van der Waals surface area contributed by atoms with Crippen LogP contribution in [0.1, 0.15) is 18.0 Å². The standard InChI is InChI=1S/C5H8N3S.Al.2H/c1-4(9-2)5-6-3-7-8-5;;;/h3-4H,1-2H3;;;/q-1;+1;;. The van der Waals surface area contributed by atoms with E-state index < -0.39 is 0 Å². The van der Waals surface area contributed by atoms with E-state index in [0.29, 0.717) is 5.25 Å². The van der Waals surface area contributed by atoms with Crippen LogP contribution >= 0.6 is 11.8 Å². The van der Waals surface area contributed by atoms with E-state index in [1.54, 1.807) is 18.1 Å². The maximum absolute atomic E-state index is 4.23. The lowest BCUT2D eigenvalue weighted by molar-refractivity contribution is 0.896.